The van der Waals surface area contributed by atoms with Gasteiger partial charge in [-0.3, -0.25) is 9.78 Å². The molecule has 174 valence electrons. The topological polar surface area (TPSA) is 104 Å². The number of hydrogen-bond donors (Lipinski definition) is 1. The monoisotopic (exact) mass is 490 g/mol. The minimum Gasteiger partial charge on any atom is -0.493 e. The van der Waals surface area contributed by atoms with Gasteiger partial charge in [0, 0.05) is 29.5 Å². The van der Waals surface area contributed by atoms with E-state index in [9.17, 15) is 13.2 Å². The molecule has 2 aromatic carbocycles. The maximum Gasteiger partial charge on any atom is 0.251 e. The minimum atomic E-state index is -3.87. The molecule has 8 nitrogen and oxygen atoms in total. The number of hydrogen-bond acceptors (Lipinski definition) is 7. The molecule has 1 atom stereocenters. The fourth-order valence-electron chi connectivity index (χ4n) is 3.26. The third-order valence-electron chi connectivity index (χ3n) is 4.95. The summed E-state index contributed by atoms with van der Waals surface area (Å²) in [5.74, 6) is 0.448. The van der Waals surface area contributed by atoms with Crippen LogP contribution in [0.25, 0.3) is 0 Å². The predicted octanol–water partition coefficient (Wildman–Crippen LogP) is 3.71. The Hall–Kier alpha value is -3.30. The average Bonchev–Trinajstić information content (AvgIpc) is 2.83. The molecule has 0 bridgehead atoms. The Morgan fingerprint density at radius 3 is 2.18 bits per heavy atom. The van der Waals surface area contributed by atoms with Crippen molar-refractivity contribution in [3.63, 3.8) is 0 Å². The summed E-state index contributed by atoms with van der Waals surface area (Å²) in [5, 5.41) is 2.05. The molecule has 1 N–H and O–H groups in total. The summed E-state index contributed by atoms with van der Waals surface area (Å²) in [7, 11) is 0.472. The molecular weight excluding hydrogens is 468 g/mol. The zero-order chi connectivity index (χ0) is 24.0. The minimum absolute atomic E-state index is 0.0859. The fraction of sp³-hybridized carbons (Fsp3) is 0.217. The van der Waals surface area contributed by atoms with Gasteiger partial charge in [0.2, 0.25) is 5.75 Å². The molecule has 0 saturated carbocycles. The lowest BCUT2D eigenvalue weighted by molar-refractivity contribution is 0.0953. The summed E-state index contributed by atoms with van der Waals surface area (Å²) in [6, 6.07) is 12.1. The molecule has 1 heterocycles. The van der Waals surface area contributed by atoms with Crippen LogP contribution in [0.2, 0.25) is 5.02 Å². The molecule has 0 spiro atoms. The Balaban J connectivity index is 1.92. The van der Waals surface area contributed by atoms with E-state index < -0.39 is 21.0 Å². The second-order valence-corrected chi connectivity index (χ2v) is 9.46. The second kappa shape index (κ2) is 10.5. The van der Waals surface area contributed by atoms with E-state index in [4.69, 9.17) is 25.8 Å². The van der Waals surface area contributed by atoms with E-state index in [2.05, 4.69) is 10.3 Å². The third kappa shape index (κ3) is 5.37. The van der Waals surface area contributed by atoms with Gasteiger partial charge < -0.3 is 19.5 Å². The second-order valence-electron chi connectivity index (χ2n) is 6.90. The molecule has 0 aliphatic carbocycles. The van der Waals surface area contributed by atoms with Gasteiger partial charge >= 0.3 is 0 Å². The molecular formula is C23H23ClN2O6S. The molecule has 1 aromatic heterocycles. The standard InChI is InChI=1S/C23H23ClN2O6S/c1-30-19-11-16(12-20(31-2)22(19)32-3)23(27)26-14-21(15-5-4-10-25-13-15)33(28,29)18-8-6-17(24)7-9-18/h4-13,21H,14H2,1-3H3,(H,26,27). The average molecular weight is 491 g/mol. The molecule has 33 heavy (non-hydrogen) atoms. The Labute approximate surface area is 197 Å². The molecule has 3 aromatic rings. The van der Waals surface area contributed by atoms with Gasteiger partial charge in [-0.1, -0.05) is 17.7 Å². The number of nitrogens with one attached hydrogen (secondary N) is 1. The van der Waals surface area contributed by atoms with Gasteiger partial charge in [0.15, 0.2) is 21.3 Å². The first-order chi connectivity index (χ1) is 15.8. The van der Waals surface area contributed by atoms with Crippen molar-refractivity contribution in [1.29, 1.82) is 0 Å². The van der Waals surface area contributed by atoms with Gasteiger partial charge in [0.1, 0.15) is 5.25 Å². The highest BCUT2D eigenvalue weighted by molar-refractivity contribution is 7.91. The Kier molecular flexibility index (Phi) is 7.78. The van der Waals surface area contributed by atoms with E-state index in [0.717, 1.165) is 0 Å². The van der Waals surface area contributed by atoms with Crippen molar-refractivity contribution in [1.82, 2.24) is 10.3 Å². The van der Waals surface area contributed by atoms with Crippen LogP contribution >= 0.6 is 11.6 Å². The summed E-state index contributed by atoms with van der Waals surface area (Å²) in [6.45, 7) is -0.188. The van der Waals surface area contributed by atoms with Gasteiger partial charge in [-0.25, -0.2) is 8.42 Å². The van der Waals surface area contributed by atoms with Crippen LogP contribution in [0.3, 0.4) is 0 Å². The number of ether oxygens (including phenoxy) is 3. The molecule has 0 fully saturated rings. The highest BCUT2D eigenvalue weighted by atomic mass is 35.5. The lowest BCUT2D eigenvalue weighted by Gasteiger charge is -2.19. The Morgan fingerprint density at radius 2 is 1.67 bits per heavy atom. The van der Waals surface area contributed by atoms with Gasteiger partial charge in [-0.15, -0.1) is 0 Å². The van der Waals surface area contributed by atoms with Crippen LogP contribution in [-0.2, 0) is 9.84 Å². The number of methoxy groups -OCH3 is 3. The maximum absolute atomic E-state index is 13.4. The normalized spacial score (nSPS) is 12.0. The van der Waals surface area contributed by atoms with Crippen molar-refractivity contribution in [3.05, 3.63) is 77.1 Å². The molecule has 0 saturated heterocycles. The van der Waals surface area contributed by atoms with Crippen LogP contribution in [0.15, 0.2) is 65.8 Å². The SMILES string of the molecule is COc1cc(C(=O)NCC(c2cccnc2)S(=O)(=O)c2ccc(Cl)cc2)cc(OC)c1OC. The number of carbonyl (C=O) groups excluding carboxylic acids is 1. The van der Waals surface area contributed by atoms with Crippen molar-refractivity contribution >= 4 is 27.3 Å². The summed E-state index contributed by atoms with van der Waals surface area (Å²) in [5.41, 5.74) is 0.663. The van der Waals surface area contributed by atoms with Crippen LogP contribution in [0.1, 0.15) is 21.2 Å². The van der Waals surface area contributed by atoms with E-state index in [1.165, 1.54) is 63.9 Å². The number of benzene rings is 2. The number of halogens is 1. The van der Waals surface area contributed by atoms with E-state index in [1.54, 1.807) is 18.3 Å². The highest BCUT2D eigenvalue weighted by Crippen LogP contribution is 2.38. The van der Waals surface area contributed by atoms with Crippen LogP contribution in [0, 0.1) is 0 Å². The zero-order valence-electron chi connectivity index (χ0n) is 18.2. The van der Waals surface area contributed by atoms with Crippen LogP contribution in [0.4, 0.5) is 0 Å². The molecule has 3 rings (SSSR count). The number of sulfone groups is 1. The summed E-state index contributed by atoms with van der Waals surface area (Å²) >= 11 is 5.91. The van der Waals surface area contributed by atoms with Crippen molar-refractivity contribution < 1.29 is 27.4 Å². The molecule has 10 heteroatoms. The molecule has 0 aliphatic rings. The van der Waals surface area contributed by atoms with E-state index >= 15 is 0 Å². The first-order valence-corrected chi connectivity index (χ1v) is 11.7. The molecule has 0 radical (unpaired) electrons. The third-order valence-corrected chi connectivity index (χ3v) is 7.32. The molecule has 1 unspecified atom stereocenters. The van der Waals surface area contributed by atoms with Crippen LogP contribution in [0.5, 0.6) is 17.2 Å². The van der Waals surface area contributed by atoms with Gasteiger partial charge in [-0.05, 0) is 48.0 Å². The van der Waals surface area contributed by atoms with Crippen LogP contribution < -0.4 is 19.5 Å². The van der Waals surface area contributed by atoms with Gasteiger partial charge in [0.25, 0.3) is 5.91 Å². The fourth-order valence-corrected chi connectivity index (χ4v) is 5.03. The number of pyridine rings is 1. The maximum atomic E-state index is 13.4. The number of carbonyl (C=O) groups is 1. The van der Waals surface area contributed by atoms with Gasteiger partial charge in [0.05, 0.1) is 26.2 Å². The lowest BCUT2D eigenvalue weighted by Crippen LogP contribution is -2.32. The van der Waals surface area contributed by atoms with Crippen molar-refractivity contribution in [3.8, 4) is 17.2 Å². The van der Waals surface area contributed by atoms with Crippen molar-refractivity contribution in [2.75, 3.05) is 27.9 Å². The smallest absolute Gasteiger partial charge is 0.251 e. The summed E-state index contributed by atoms with van der Waals surface area (Å²) in [4.78, 5) is 17.1. The predicted molar refractivity (Wildman–Crippen MR) is 124 cm³/mol. The quantitative estimate of drug-likeness (QED) is 0.487. The van der Waals surface area contributed by atoms with Crippen molar-refractivity contribution in [2.24, 2.45) is 0 Å². The Morgan fingerprint density at radius 1 is 1.03 bits per heavy atom. The summed E-state index contributed by atoms with van der Waals surface area (Å²) < 4.78 is 42.6. The van der Waals surface area contributed by atoms with E-state index in [-0.39, 0.29) is 17.0 Å². The molecule has 0 aliphatic heterocycles. The summed E-state index contributed by atoms with van der Waals surface area (Å²) in [6.07, 6.45) is 3.01. The first kappa shape index (κ1) is 24.3. The van der Waals surface area contributed by atoms with Crippen molar-refractivity contribution in [2.45, 2.75) is 10.1 Å². The van der Waals surface area contributed by atoms with E-state index in [0.29, 0.717) is 27.8 Å². The number of aromatic nitrogens is 1. The molecule has 1 amide bonds. The first-order valence-electron chi connectivity index (χ1n) is 9.79. The zero-order valence-corrected chi connectivity index (χ0v) is 19.8. The number of amides is 1. The van der Waals surface area contributed by atoms with E-state index in [1.807, 2.05) is 0 Å². The Bertz CT molecular complexity index is 1190. The number of rotatable bonds is 9. The highest BCUT2D eigenvalue weighted by Gasteiger charge is 2.30. The number of nitrogens with zero attached hydrogens (tertiary/aromatic N) is 1. The van der Waals surface area contributed by atoms with Crippen LogP contribution in [-0.4, -0.2) is 47.2 Å². The van der Waals surface area contributed by atoms with Gasteiger partial charge in [-0.2, -0.15) is 0 Å². The lowest BCUT2D eigenvalue weighted by atomic mass is 10.1. The largest absolute Gasteiger partial charge is 0.493 e.